The molecule has 2 aromatic heterocycles. The highest BCUT2D eigenvalue weighted by Crippen LogP contribution is 2.25. The van der Waals surface area contributed by atoms with Crippen LogP contribution < -0.4 is 0 Å². The van der Waals surface area contributed by atoms with Crippen LogP contribution in [-0.4, -0.2) is 16.3 Å². The first-order valence-electron chi connectivity index (χ1n) is 4.94. The van der Waals surface area contributed by atoms with Gasteiger partial charge in [0.2, 0.25) is 0 Å². The monoisotopic (exact) mass is 244 g/mol. The summed E-state index contributed by atoms with van der Waals surface area (Å²) in [6, 6.07) is 5.17. The molecule has 0 aliphatic rings. The van der Waals surface area contributed by atoms with Crippen molar-refractivity contribution in [3.8, 4) is 11.3 Å². The normalized spacial score (nSPS) is 9.94. The van der Waals surface area contributed by atoms with Gasteiger partial charge in [-0.15, -0.1) is 0 Å². The Balaban J connectivity index is 2.45. The number of carbonyl (C=O) groups excluding carboxylic acids is 1. The zero-order chi connectivity index (χ0) is 12.3. The highest BCUT2D eigenvalue weighted by atomic mass is 35.5. The van der Waals surface area contributed by atoms with E-state index in [0.29, 0.717) is 22.7 Å². The maximum Gasteiger partial charge on any atom is 0.168 e. The zero-order valence-corrected chi connectivity index (χ0v) is 9.69. The van der Waals surface area contributed by atoms with E-state index < -0.39 is 0 Å². The predicted molar refractivity (Wildman–Crippen MR) is 68.0 cm³/mol. The molecule has 0 bridgehead atoms. The molecule has 17 heavy (non-hydrogen) atoms. The molecule has 0 unspecified atom stereocenters. The van der Waals surface area contributed by atoms with Crippen molar-refractivity contribution in [2.75, 3.05) is 0 Å². The molecule has 0 atom stereocenters. The standard InChI is InChI=1S/C13H9ClN2O/c1-2-9-5-12(14)13(16-6-9)10-3-4-11(8-17)15-7-10/h2-8H,1H2. The first-order valence-corrected chi connectivity index (χ1v) is 5.32. The second kappa shape index (κ2) is 4.89. The fourth-order valence-corrected chi connectivity index (χ4v) is 1.68. The summed E-state index contributed by atoms with van der Waals surface area (Å²) in [4.78, 5) is 18.7. The Kier molecular flexibility index (Phi) is 3.30. The average molecular weight is 245 g/mol. The number of aldehydes is 1. The molecule has 3 nitrogen and oxygen atoms in total. The van der Waals surface area contributed by atoms with E-state index in [4.69, 9.17) is 11.6 Å². The molecule has 0 aliphatic carbocycles. The van der Waals surface area contributed by atoms with Gasteiger partial charge in [0.05, 0.1) is 10.7 Å². The Bertz CT molecular complexity index is 564. The number of hydrogen-bond donors (Lipinski definition) is 0. The van der Waals surface area contributed by atoms with Gasteiger partial charge in [-0.05, 0) is 23.8 Å². The van der Waals surface area contributed by atoms with Gasteiger partial charge in [-0.25, -0.2) is 0 Å². The third kappa shape index (κ3) is 2.40. The molecular formula is C13H9ClN2O. The first-order chi connectivity index (χ1) is 8.24. The summed E-state index contributed by atoms with van der Waals surface area (Å²) in [5.74, 6) is 0. The predicted octanol–water partition coefficient (Wildman–Crippen LogP) is 3.25. The SMILES string of the molecule is C=Cc1cnc(-c2ccc(C=O)nc2)c(Cl)c1. The van der Waals surface area contributed by atoms with Crippen molar-refractivity contribution in [3.63, 3.8) is 0 Å². The van der Waals surface area contributed by atoms with Crippen molar-refractivity contribution in [2.45, 2.75) is 0 Å². The summed E-state index contributed by atoms with van der Waals surface area (Å²) < 4.78 is 0. The number of nitrogens with zero attached hydrogens (tertiary/aromatic N) is 2. The van der Waals surface area contributed by atoms with Crippen molar-refractivity contribution >= 4 is 24.0 Å². The Morgan fingerprint density at radius 1 is 1.24 bits per heavy atom. The Morgan fingerprint density at radius 3 is 2.59 bits per heavy atom. The summed E-state index contributed by atoms with van der Waals surface area (Å²) in [7, 11) is 0. The molecule has 0 aromatic carbocycles. The fourth-order valence-electron chi connectivity index (χ4n) is 1.39. The first kappa shape index (κ1) is 11.5. The molecule has 2 heterocycles. The second-order valence-electron chi connectivity index (χ2n) is 3.39. The average Bonchev–Trinajstić information content (AvgIpc) is 2.39. The zero-order valence-electron chi connectivity index (χ0n) is 8.93. The van der Waals surface area contributed by atoms with E-state index in [2.05, 4.69) is 16.5 Å². The summed E-state index contributed by atoms with van der Waals surface area (Å²) in [5.41, 5.74) is 2.65. The van der Waals surface area contributed by atoms with Crippen LogP contribution >= 0.6 is 11.6 Å². The van der Waals surface area contributed by atoms with Crippen LogP contribution in [-0.2, 0) is 0 Å². The van der Waals surface area contributed by atoms with Crippen LogP contribution in [0, 0.1) is 0 Å². The van der Waals surface area contributed by atoms with Crippen molar-refractivity contribution in [1.29, 1.82) is 0 Å². The minimum Gasteiger partial charge on any atom is -0.296 e. The largest absolute Gasteiger partial charge is 0.296 e. The minimum absolute atomic E-state index is 0.382. The van der Waals surface area contributed by atoms with Crippen molar-refractivity contribution in [2.24, 2.45) is 0 Å². The molecule has 2 aromatic rings. The van der Waals surface area contributed by atoms with Gasteiger partial charge in [0, 0.05) is 18.0 Å². The summed E-state index contributed by atoms with van der Waals surface area (Å²) in [6.45, 7) is 3.65. The van der Waals surface area contributed by atoms with E-state index in [1.807, 2.05) is 0 Å². The van der Waals surface area contributed by atoms with E-state index in [-0.39, 0.29) is 0 Å². The number of rotatable bonds is 3. The van der Waals surface area contributed by atoms with Gasteiger partial charge in [-0.3, -0.25) is 14.8 Å². The topological polar surface area (TPSA) is 42.9 Å². The highest BCUT2D eigenvalue weighted by Gasteiger charge is 2.06. The number of carbonyl (C=O) groups is 1. The van der Waals surface area contributed by atoms with Crippen LogP contribution in [0.25, 0.3) is 17.3 Å². The molecule has 0 amide bonds. The highest BCUT2D eigenvalue weighted by molar-refractivity contribution is 6.33. The lowest BCUT2D eigenvalue weighted by Crippen LogP contribution is -1.90. The Hall–Kier alpha value is -2.00. The third-order valence-electron chi connectivity index (χ3n) is 2.28. The third-order valence-corrected chi connectivity index (χ3v) is 2.57. The van der Waals surface area contributed by atoms with E-state index in [1.165, 1.54) is 0 Å². The van der Waals surface area contributed by atoms with Crippen LogP contribution in [0.4, 0.5) is 0 Å². The maximum absolute atomic E-state index is 10.5. The molecule has 0 radical (unpaired) electrons. The Labute approximate surface area is 104 Å². The van der Waals surface area contributed by atoms with E-state index >= 15 is 0 Å². The molecule has 0 fully saturated rings. The van der Waals surface area contributed by atoms with Gasteiger partial charge >= 0.3 is 0 Å². The van der Waals surface area contributed by atoms with E-state index in [0.717, 1.165) is 11.1 Å². The van der Waals surface area contributed by atoms with Gasteiger partial charge in [0.1, 0.15) is 5.69 Å². The molecular weight excluding hydrogens is 236 g/mol. The molecule has 4 heteroatoms. The minimum atomic E-state index is 0.382. The molecule has 0 saturated carbocycles. The van der Waals surface area contributed by atoms with Crippen LogP contribution in [0.2, 0.25) is 5.02 Å². The smallest absolute Gasteiger partial charge is 0.168 e. The summed E-state index contributed by atoms with van der Waals surface area (Å²) in [6.07, 6.45) is 5.63. The molecule has 0 aliphatic heterocycles. The van der Waals surface area contributed by atoms with Crippen molar-refractivity contribution in [3.05, 3.63) is 53.5 Å². The van der Waals surface area contributed by atoms with E-state index in [1.54, 1.807) is 36.7 Å². The van der Waals surface area contributed by atoms with E-state index in [9.17, 15) is 4.79 Å². The molecule has 2 rings (SSSR count). The lowest BCUT2D eigenvalue weighted by molar-refractivity contribution is 0.111. The van der Waals surface area contributed by atoms with Crippen molar-refractivity contribution < 1.29 is 4.79 Å². The molecule has 0 saturated heterocycles. The van der Waals surface area contributed by atoms with Gasteiger partial charge in [0.25, 0.3) is 0 Å². The molecule has 0 spiro atoms. The number of hydrogen-bond acceptors (Lipinski definition) is 3. The lowest BCUT2D eigenvalue weighted by Gasteiger charge is -2.04. The van der Waals surface area contributed by atoms with Crippen LogP contribution in [0.15, 0.2) is 37.2 Å². The lowest BCUT2D eigenvalue weighted by atomic mass is 10.1. The second-order valence-corrected chi connectivity index (χ2v) is 3.80. The summed E-state index contributed by atoms with van der Waals surface area (Å²) in [5, 5.41) is 0.531. The Morgan fingerprint density at radius 2 is 2.06 bits per heavy atom. The van der Waals surface area contributed by atoms with Crippen molar-refractivity contribution in [1.82, 2.24) is 9.97 Å². The summed E-state index contributed by atoms with van der Waals surface area (Å²) >= 11 is 6.11. The maximum atomic E-state index is 10.5. The van der Waals surface area contributed by atoms with Gasteiger partial charge < -0.3 is 0 Å². The molecule has 0 N–H and O–H groups in total. The molecule has 84 valence electrons. The van der Waals surface area contributed by atoms with Gasteiger partial charge in [0.15, 0.2) is 6.29 Å². The van der Waals surface area contributed by atoms with Crippen LogP contribution in [0.1, 0.15) is 16.1 Å². The van der Waals surface area contributed by atoms with Crippen LogP contribution in [0.3, 0.4) is 0 Å². The number of aromatic nitrogens is 2. The fraction of sp³-hybridized carbons (Fsp3) is 0. The number of pyridine rings is 2. The van der Waals surface area contributed by atoms with Gasteiger partial charge in [-0.1, -0.05) is 24.3 Å². The number of halogens is 1. The van der Waals surface area contributed by atoms with Gasteiger partial charge in [-0.2, -0.15) is 0 Å². The quantitative estimate of drug-likeness (QED) is 0.779. The van der Waals surface area contributed by atoms with Crippen LogP contribution in [0.5, 0.6) is 0 Å².